The molecule has 6 aromatic rings. The Kier molecular flexibility index (Phi) is 7.08. The number of para-hydroxylation sites is 1. The standard InChI is InChI=1S/C46H41N/c1-3-10-36(11-4-1)37-20-24-42(25-21-37)47(45-17-8-7-16-44(45)39-12-5-2-6-13-39)43-15-9-14-40(29-43)38-18-22-41(23-19-38)46-30-33-26-34(31-46)28-35(27-33)32-46/h1-25,29,33-35H,26-28,30-32H2. The summed E-state index contributed by atoms with van der Waals surface area (Å²) in [6, 6.07) is 58.0. The summed E-state index contributed by atoms with van der Waals surface area (Å²) in [5.74, 6) is 2.89. The van der Waals surface area contributed by atoms with Gasteiger partial charge in [0.25, 0.3) is 0 Å². The predicted octanol–water partition coefficient (Wildman–Crippen LogP) is 12.6. The van der Waals surface area contributed by atoms with E-state index in [0.29, 0.717) is 5.41 Å². The molecule has 0 unspecified atom stereocenters. The molecule has 0 atom stereocenters. The van der Waals surface area contributed by atoms with Crippen LogP contribution in [0, 0.1) is 17.8 Å². The van der Waals surface area contributed by atoms with E-state index in [2.05, 4.69) is 163 Å². The van der Waals surface area contributed by atoms with Crippen molar-refractivity contribution in [1.29, 1.82) is 0 Å². The Labute approximate surface area is 279 Å². The maximum absolute atomic E-state index is 2.47. The first-order chi connectivity index (χ1) is 23.2. The number of nitrogens with zero attached hydrogens (tertiary/aromatic N) is 1. The maximum Gasteiger partial charge on any atom is 0.0540 e. The predicted molar refractivity (Wildman–Crippen MR) is 197 cm³/mol. The van der Waals surface area contributed by atoms with Gasteiger partial charge < -0.3 is 4.90 Å². The highest BCUT2D eigenvalue weighted by Crippen LogP contribution is 2.60. The zero-order valence-corrected chi connectivity index (χ0v) is 26.9. The van der Waals surface area contributed by atoms with Crippen LogP contribution >= 0.6 is 0 Å². The van der Waals surface area contributed by atoms with Gasteiger partial charge in [-0.1, -0.05) is 127 Å². The molecule has 0 saturated heterocycles. The van der Waals surface area contributed by atoms with E-state index in [1.165, 1.54) is 77.6 Å². The first kappa shape index (κ1) is 28.4. The molecule has 0 heterocycles. The molecule has 0 spiro atoms. The number of hydrogen-bond acceptors (Lipinski definition) is 1. The molecule has 4 bridgehead atoms. The lowest BCUT2D eigenvalue weighted by molar-refractivity contribution is -0.00518. The highest BCUT2D eigenvalue weighted by atomic mass is 15.1. The fourth-order valence-corrected chi connectivity index (χ4v) is 9.70. The molecule has 0 amide bonds. The number of rotatable bonds is 7. The van der Waals surface area contributed by atoms with Crippen LogP contribution < -0.4 is 4.90 Å². The van der Waals surface area contributed by atoms with E-state index in [1.54, 1.807) is 5.56 Å². The summed E-state index contributed by atoms with van der Waals surface area (Å²) < 4.78 is 0. The SMILES string of the molecule is c1ccc(-c2ccc(N(c3cccc(-c4ccc(C56CC7CC(CC(C7)C5)C6)cc4)c3)c3ccccc3-c3ccccc3)cc2)cc1. The lowest BCUT2D eigenvalue weighted by Crippen LogP contribution is -2.48. The summed E-state index contributed by atoms with van der Waals surface area (Å²) in [5.41, 5.74) is 12.9. The summed E-state index contributed by atoms with van der Waals surface area (Å²) in [7, 11) is 0. The Morgan fingerprint density at radius 2 is 0.915 bits per heavy atom. The minimum atomic E-state index is 0.430. The summed E-state index contributed by atoms with van der Waals surface area (Å²) in [5, 5.41) is 0. The van der Waals surface area contributed by atoms with Crippen molar-refractivity contribution in [3.8, 4) is 33.4 Å². The molecule has 4 aliphatic carbocycles. The van der Waals surface area contributed by atoms with Gasteiger partial charge in [-0.3, -0.25) is 0 Å². The first-order valence-corrected chi connectivity index (χ1v) is 17.5. The van der Waals surface area contributed by atoms with Gasteiger partial charge in [0.1, 0.15) is 0 Å². The van der Waals surface area contributed by atoms with E-state index in [4.69, 9.17) is 0 Å². The minimum Gasteiger partial charge on any atom is -0.310 e. The summed E-state index contributed by atoms with van der Waals surface area (Å²) in [4.78, 5) is 2.42. The van der Waals surface area contributed by atoms with Gasteiger partial charge in [0, 0.05) is 16.9 Å². The van der Waals surface area contributed by atoms with Gasteiger partial charge in [-0.05, 0) is 125 Å². The second kappa shape index (κ2) is 11.7. The molecule has 10 rings (SSSR count). The van der Waals surface area contributed by atoms with E-state index < -0.39 is 0 Å². The van der Waals surface area contributed by atoms with Gasteiger partial charge in [-0.2, -0.15) is 0 Å². The fourth-order valence-electron chi connectivity index (χ4n) is 9.70. The molecular weight excluding hydrogens is 567 g/mol. The Hall–Kier alpha value is -4.88. The Bertz CT molecular complexity index is 1950. The van der Waals surface area contributed by atoms with E-state index in [9.17, 15) is 0 Å². The molecule has 0 aromatic heterocycles. The van der Waals surface area contributed by atoms with E-state index in [1.807, 2.05) is 0 Å². The summed E-state index contributed by atoms with van der Waals surface area (Å²) in [6.45, 7) is 0. The smallest absolute Gasteiger partial charge is 0.0540 e. The fraction of sp³-hybridized carbons (Fsp3) is 0.217. The van der Waals surface area contributed by atoms with Gasteiger partial charge in [0.15, 0.2) is 0 Å². The first-order valence-electron chi connectivity index (χ1n) is 17.5. The topological polar surface area (TPSA) is 3.24 Å². The number of benzene rings is 6. The van der Waals surface area contributed by atoms with Gasteiger partial charge >= 0.3 is 0 Å². The van der Waals surface area contributed by atoms with Crippen LogP contribution in [0.5, 0.6) is 0 Å². The van der Waals surface area contributed by atoms with E-state index in [-0.39, 0.29) is 0 Å². The monoisotopic (exact) mass is 607 g/mol. The third-order valence-electron chi connectivity index (χ3n) is 11.4. The molecule has 0 N–H and O–H groups in total. The second-order valence-corrected chi connectivity index (χ2v) is 14.5. The summed E-state index contributed by atoms with van der Waals surface area (Å²) >= 11 is 0. The van der Waals surface area contributed by atoms with Crippen LogP contribution in [0.3, 0.4) is 0 Å². The molecular formula is C46H41N. The molecule has 4 saturated carbocycles. The van der Waals surface area contributed by atoms with Crippen molar-refractivity contribution in [3.63, 3.8) is 0 Å². The van der Waals surface area contributed by atoms with Crippen LogP contribution in [0.1, 0.15) is 44.1 Å². The van der Waals surface area contributed by atoms with Crippen LogP contribution in [0.2, 0.25) is 0 Å². The van der Waals surface area contributed by atoms with Crippen molar-refractivity contribution >= 4 is 17.1 Å². The molecule has 0 aliphatic heterocycles. The Morgan fingerprint density at radius 1 is 0.404 bits per heavy atom. The highest BCUT2D eigenvalue weighted by molar-refractivity contribution is 5.89. The number of hydrogen-bond donors (Lipinski definition) is 0. The zero-order valence-electron chi connectivity index (χ0n) is 26.9. The third kappa shape index (κ3) is 5.28. The lowest BCUT2D eigenvalue weighted by atomic mass is 9.48. The quantitative estimate of drug-likeness (QED) is 0.174. The average Bonchev–Trinajstić information content (AvgIpc) is 3.13. The van der Waals surface area contributed by atoms with Crippen molar-refractivity contribution < 1.29 is 0 Å². The zero-order chi connectivity index (χ0) is 31.2. The van der Waals surface area contributed by atoms with Crippen LogP contribution in [-0.4, -0.2) is 0 Å². The molecule has 230 valence electrons. The van der Waals surface area contributed by atoms with Crippen molar-refractivity contribution in [2.45, 2.75) is 43.9 Å². The van der Waals surface area contributed by atoms with Crippen molar-refractivity contribution in [3.05, 3.63) is 163 Å². The second-order valence-electron chi connectivity index (χ2n) is 14.5. The maximum atomic E-state index is 2.47. The Balaban J connectivity index is 1.10. The van der Waals surface area contributed by atoms with Crippen LogP contribution in [0.15, 0.2) is 158 Å². The molecule has 6 aromatic carbocycles. The molecule has 1 heteroatoms. The van der Waals surface area contributed by atoms with E-state index >= 15 is 0 Å². The largest absolute Gasteiger partial charge is 0.310 e. The van der Waals surface area contributed by atoms with Crippen LogP contribution in [-0.2, 0) is 5.41 Å². The van der Waals surface area contributed by atoms with Crippen LogP contribution in [0.4, 0.5) is 17.1 Å². The number of anilines is 3. The Morgan fingerprint density at radius 3 is 1.57 bits per heavy atom. The average molecular weight is 608 g/mol. The molecule has 4 aliphatic rings. The minimum absolute atomic E-state index is 0.430. The normalized spacial score (nSPS) is 22.7. The van der Waals surface area contributed by atoms with Gasteiger partial charge in [-0.15, -0.1) is 0 Å². The van der Waals surface area contributed by atoms with Crippen molar-refractivity contribution in [2.24, 2.45) is 17.8 Å². The van der Waals surface area contributed by atoms with Gasteiger partial charge in [0.05, 0.1) is 5.69 Å². The third-order valence-corrected chi connectivity index (χ3v) is 11.4. The van der Waals surface area contributed by atoms with Crippen molar-refractivity contribution in [2.75, 3.05) is 4.90 Å². The van der Waals surface area contributed by atoms with Crippen LogP contribution in [0.25, 0.3) is 33.4 Å². The van der Waals surface area contributed by atoms with Crippen molar-refractivity contribution in [1.82, 2.24) is 0 Å². The van der Waals surface area contributed by atoms with Gasteiger partial charge in [-0.25, -0.2) is 0 Å². The van der Waals surface area contributed by atoms with Gasteiger partial charge in [0.2, 0.25) is 0 Å². The molecule has 47 heavy (non-hydrogen) atoms. The summed E-state index contributed by atoms with van der Waals surface area (Å²) in [6.07, 6.45) is 8.70. The van der Waals surface area contributed by atoms with E-state index in [0.717, 1.165) is 29.1 Å². The highest BCUT2D eigenvalue weighted by Gasteiger charge is 2.51. The lowest BCUT2D eigenvalue weighted by Gasteiger charge is -2.57. The molecule has 4 fully saturated rings. The molecule has 0 radical (unpaired) electrons. The molecule has 1 nitrogen and oxygen atoms in total.